The maximum absolute atomic E-state index is 9.04. The Kier molecular flexibility index (Phi) is 5.25. The fraction of sp³-hybridized carbons (Fsp3) is 0.400. The molecular weight excluding hydrogens is 230 g/mol. The average molecular weight is 248 g/mol. The van der Waals surface area contributed by atoms with Crippen LogP contribution in [0.15, 0.2) is 29.8 Å². The lowest BCUT2D eigenvalue weighted by atomic mass is 10.0. The first-order valence-electron chi connectivity index (χ1n) is 5.99. The van der Waals surface area contributed by atoms with Gasteiger partial charge in [-0.05, 0) is 23.5 Å². The van der Waals surface area contributed by atoms with Crippen molar-refractivity contribution in [2.24, 2.45) is 0 Å². The molecule has 0 atom stereocenters. The van der Waals surface area contributed by atoms with Gasteiger partial charge < -0.3 is 0 Å². The predicted octanol–water partition coefficient (Wildman–Crippen LogP) is 5.08. The number of benzene rings is 1. The standard InChI is InChI=1S/C15H18ClN/c1-4-5-14(10-17)15(16)13-8-6-12(7-9-13)11(2)3/h6-9,11H,4-5H2,1-3H3. The Bertz CT molecular complexity index is 435. The van der Waals surface area contributed by atoms with Gasteiger partial charge in [-0.2, -0.15) is 5.26 Å². The second-order valence-electron chi connectivity index (χ2n) is 4.43. The normalized spacial score (nSPS) is 12.2. The van der Waals surface area contributed by atoms with Crippen LogP contribution in [0.1, 0.15) is 50.7 Å². The number of allylic oxidation sites excluding steroid dienone is 1. The molecule has 1 aromatic rings. The van der Waals surface area contributed by atoms with E-state index in [1.165, 1.54) is 5.56 Å². The van der Waals surface area contributed by atoms with Crippen molar-refractivity contribution in [3.63, 3.8) is 0 Å². The molecule has 1 aromatic carbocycles. The van der Waals surface area contributed by atoms with Gasteiger partial charge in [-0.25, -0.2) is 0 Å². The topological polar surface area (TPSA) is 23.8 Å². The van der Waals surface area contributed by atoms with Crippen LogP contribution >= 0.6 is 11.6 Å². The molecule has 17 heavy (non-hydrogen) atoms. The summed E-state index contributed by atoms with van der Waals surface area (Å²) in [6.45, 7) is 6.36. The molecule has 0 saturated heterocycles. The van der Waals surface area contributed by atoms with Gasteiger partial charge in [0.2, 0.25) is 0 Å². The van der Waals surface area contributed by atoms with Gasteiger partial charge in [0.05, 0.1) is 11.1 Å². The van der Waals surface area contributed by atoms with E-state index in [0.717, 1.165) is 18.4 Å². The summed E-state index contributed by atoms with van der Waals surface area (Å²) in [6.07, 6.45) is 1.67. The molecule has 0 spiro atoms. The second-order valence-corrected chi connectivity index (χ2v) is 4.81. The van der Waals surface area contributed by atoms with E-state index in [0.29, 0.717) is 16.5 Å². The van der Waals surface area contributed by atoms with Crippen molar-refractivity contribution in [1.29, 1.82) is 5.26 Å². The minimum absolute atomic E-state index is 0.512. The van der Waals surface area contributed by atoms with Crippen molar-refractivity contribution >= 4 is 16.6 Å². The zero-order valence-electron chi connectivity index (χ0n) is 10.6. The number of nitrogens with zero attached hydrogens (tertiary/aromatic N) is 1. The number of hydrogen-bond donors (Lipinski definition) is 0. The Morgan fingerprint density at radius 1 is 1.29 bits per heavy atom. The number of nitriles is 1. The fourth-order valence-electron chi connectivity index (χ4n) is 1.65. The molecule has 1 nitrogen and oxygen atoms in total. The molecule has 0 saturated carbocycles. The van der Waals surface area contributed by atoms with Crippen molar-refractivity contribution in [2.45, 2.75) is 39.5 Å². The van der Waals surface area contributed by atoms with Gasteiger partial charge in [0.15, 0.2) is 0 Å². The molecule has 0 aromatic heterocycles. The van der Waals surface area contributed by atoms with E-state index < -0.39 is 0 Å². The predicted molar refractivity (Wildman–Crippen MR) is 73.8 cm³/mol. The molecule has 0 unspecified atom stereocenters. The van der Waals surface area contributed by atoms with E-state index in [9.17, 15) is 0 Å². The molecule has 0 bridgehead atoms. The van der Waals surface area contributed by atoms with E-state index in [1.54, 1.807) is 0 Å². The van der Waals surface area contributed by atoms with E-state index in [2.05, 4.69) is 32.0 Å². The molecule has 2 heteroatoms. The SMILES string of the molecule is CCCC(C#N)=C(Cl)c1ccc(C(C)C)cc1. The van der Waals surface area contributed by atoms with E-state index >= 15 is 0 Å². The number of hydrogen-bond acceptors (Lipinski definition) is 1. The summed E-state index contributed by atoms with van der Waals surface area (Å²) < 4.78 is 0. The molecule has 0 amide bonds. The molecule has 0 radical (unpaired) electrons. The van der Waals surface area contributed by atoms with Crippen LogP contribution in [-0.2, 0) is 0 Å². The van der Waals surface area contributed by atoms with Gasteiger partial charge in [0.1, 0.15) is 0 Å². The Balaban J connectivity index is 3.04. The Hall–Kier alpha value is -1.26. The van der Waals surface area contributed by atoms with Crippen LogP contribution in [-0.4, -0.2) is 0 Å². The lowest BCUT2D eigenvalue weighted by Gasteiger charge is -2.07. The summed E-state index contributed by atoms with van der Waals surface area (Å²) in [5, 5.41) is 9.63. The van der Waals surface area contributed by atoms with E-state index in [4.69, 9.17) is 16.9 Å². The minimum atomic E-state index is 0.512. The highest BCUT2D eigenvalue weighted by atomic mass is 35.5. The summed E-state index contributed by atoms with van der Waals surface area (Å²) in [5.41, 5.74) is 2.89. The van der Waals surface area contributed by atoms with Crippen molar-refractivity contribution in [2.75, 3.05) is 0 Å². The van der Waals surface area contributed by atoms with Crippen LogP contribution in [0.3, 0.4) is 0 Å². The monoisotopic (exact) mass is 247 g/mol. The molecule has 0 aliphatic heterocycles. The maximum Gasteiger partial charge on any atom is 0.0962 e. The molecule has 0 aliphatic carbocycles. The molecule has 90 valence electrons. The molecule has 1 rings (SSSR count). The lowest BCUT2D eigenvalue weighted by Crippen LogP contribution is -1.89. The molecule has 0 N–H and O–H groups in total. The third kappa shape index (κ3) is 3.61. The van der Waals surface area contributed by atoms with Crippen molar-refractivity contribution < 1.29 is 0 Å². The smallest absolute Gasteiger partial charge is 0.0962 e. The van der Waals surface area contributed by atoms with Gasteiger partial charge in [0, 0.05) is 5.57 Å². The van der Waals surface area contributed by atoms with Crippen LogP contribution in [0.2, 0.25) is 0 Å². The quantitative estimate of drug-likeness (QED) is 0.681. The lowest BCUT2D eigenvalue weighted by molar-refractivity contribution is 0.866. The van der Waals surface area contributed by atoms with Crippen LogP contribution in [0, 0.1) is 11.3 Å². The van der Waals surface area contributed by atoms with Crippen LogP contribution < -0.4 is 0 Å². The highest BCUT2D eigenvalue weighted by Crippen LogP contribution is 2.26. The molecular formula is C15H18ClN. The molecule has 0 fully saturated rings. The van der Waals surface area contributed by atoms with Gasteiger partial charge in [-0.1, -0.05) is 63.1 Å². The Morgan fingerprint density at radius 3 is 2.29 bits per heavy atom. The Morgan fingerprint density at radius 2 is 1.88 bits per heavy atom. The Labute approximate surface area is 109 Å². The summed E-state index contributed by atoms with van der Waals surface area (Å²) in [7, 11) is 0. The van der Waals surface area contributed by atoms with Crippen molar-refractivity contribution in [3.05, 3.63) is 41.0 Å². The first-order valence-corrected chi connectivity index (χ1v) is 6.37. The second kappa shape index (κ2) is 6.47. The number of rotatable bonds is 4. The van der Waals surface area contributed by atoms with Gasteiger partial charge >= 0.3 is 0 Å². The van der Waals surface area contributed by atoms with E-state index in [-0.39, 0.29) is 0 Å². The van der Waals surface area contributed by atoms with Gasteiger partial charge in [-0.15, -0.1) is 0 Å². The largest absolute Gasteiger partial charge is 0.193 e. The average Bonchev–Trinajstić information content (AvgIpc) is 2.35. The van der Waals surface area contributed by atoms with Gasteiger partial charge in [0.25, 0.3) is 0 Å². The van der Waals surface area contributed by atoms with Gasteiger partial charge in [-0.3, -0.25) is 0 Å². The summed E-state index contributed by atoms with van der Waals surface area (Å²) in [4.78, 5) is 0. The third-order valence-electron chi connectivity index (χ3n) is 2.73. The van der Waals surface area contributed by atoms with Crippen molar-refractivity contribution in [1.82, 2.24) is 0 Å². The fourth-order valence-corrected chi connectivity index (χ4v) is 1.92. The summed E-state index contributed by atoms with van der Waals surface area (Å²) in [6, 6.07) is 10.3. The highest BCUT2D eigenvalue weighted by Gasteiger charge is 2.07. The molecule has 0 heterocycles. The summed E-state index contributed by atoms with van der Waals surface area (Å²) in [5.74, 6) is 0.512. The number of halogens is 1. The zero-order valence-corrected chi connectivity index (χ0v) is 11.4. The van der Waals surface area contributed by atoms with Crippen LogP contribution in [0.25, 0.3) is 5.03 Å². The zero-order chi connectivity index (χ0) is 12.8. The minimum Gasteiger partial charge on any atom is -0.193 e. The van der Waals surface area contributed by atoms with Crippen molar-refractivity contribution in [3.8, 4) is 6.07 Å². The van der Waals surface area contributed by atoms with E-state index in [1.807, 2.05) is 19.1 Å². The first-order chi connectivity index (χ1) is 8.10. The van der Waals surface area contributed by atoms with Crippen LogP contribution in [0.5, 0.6) is 0 Å². The first kappa shape index (κ1) is 13.8. The third-order valence-corrected chi connectivity index (χ3v) is 3.18. The van der Waals surface area contributed by atoms with Crippen LogP contribution in [0.4, 0.5) is 0 Å². The molecule has 0 aliphatic rings. The highest BCUT2D eigenvalue weighted by molar-refractivity contribution is 6.49. The summed E-state index contributed by atoms with van der Waals surface area (Å²) >= 11 is 6.24. The maximum atomic E-state index is 9.04.